The van der Waals surface area contributed by atoms with Crippen LogP contribution in [0.3, 0.4) is 0 Å². The van der Waals surface area contributed by atoms with E-state index < -0.39 is 30.1 Å². The molecule has 0 aliphatic carbocycles. The number of nitrogens with one attached hydrogen (secondary N) is 2. The van der Waals surface area contributed by atoms with Crippen LogP contribution in [0.4, 0.5) is 4.79 Å². The number of carboxylic acids is 1. The zero-order valence-corrected chi connectivity index (χ0v) is 16.0. The lowest BCUT2D eigenvalue weighted by Gasteiger charge is -2.23. The van der Waals surface area contributed by atoms with E-state index >= 15 is 0 Å². The van der Waals surface area contributed by atoms with Crippen LogP contribution in [0.25, 0.3) is 0 Å². The highest BCUT2D eigenvalue weighted by molar-refractivity contribution is 7.98. The molecule has 7 nitrogen and oxygen atoms in total. The van der Waals surface area contributed by atoms with Gasteiger partial charge in [-0.2, -0.15) is 11.8 Å². The quantitative estimate of drug-likeness (QED) is 0.573. The van der Waals surface area contributed by atoms with Crippen molar-refractivity contribution in [3.05, 3.63) is 35.9 Å². The fourth-order valence-electron chi connectivity index (χ4n) is 2.18. The Morgan fingerprint density at radius 3 is 2.35 bits per heavy atom. The molecule has 1 aromatic rings. The normalized spacial score (nSPS) is 12.9. The molecular weight excluding hydrogens is 356 g/mol. The van der Waals surface area contributed by atoms with Crippen LogP contribution in [0.15, 0.2) is 30.3 Å². The first kappa shape index (κ1) is 21.8. The van der Waals surface area contributed by atoms with Crippen LogP contribution in [0, 0.1) is 5.92 Å². The fraction of sp³-hybridized carbons (Fsp3) is 0.500. The van der Waals surface area contributed by atoms with Gasteiger partial charge in [0.1, 0.15) is 18.7 Å². The average Bonchev–Trinajstić information content (AvgIpc) is 2.61. The molecule has 3 N–H and O–H groups in total. The number of alkyl carbamates (subject to hydrolysis) is 1. The van der Waals surface area contributed by atoms with Gasteiger partial charge < -0.3 is 20.5 Å². The third-order valence-corrected chi connectivity index (χ3v) is 4.31. The highest BCUT2D eigenvalue weighted by Crippen LogP contribution is 2.07. The molecular formula is C18H26N2O5S. The van der Waals surface area contributed by atoms with Crippen molar-refractivity contribution in [1.29, 1.82) is 0 Å². The summed E-state index contributed by atoms with van der Waals surface area (Å²) in [4.78, 5) is 35.7. The van der Waals surface area contributed by atoms with E-state index in [0.29, 0.717) is 12.2 Å². The molecule has 1 rings (SSSR count). The second-order valence-electron chi connectivity index (χ2n) is 6.11. The number of hydrogen-bond donors (Lipinski definition) is 3. The second kappa shape index (κ2) is 11.4. The summed E-state index contributed by atoms with van der Waals surface area (Å²) >= 11 is 1.53. The van der Waals surface area contributed by atoms with Gasteiger partial charge in [-0.15, -0.1) is 0 Å². The smallest absolute Gasteiger partial charge is 0.408 e. The maximum Gasteiger partial charge on any atom is 0.408 e. The topological polar surface area (TPSA) is 105 Å². The molecule has 2 amide bonds. The van der Waals surface area contributed by atoms with Crippen molar-refractivity contribution in [3.8, 4) is 0 Å². The largest absolute Gasteiger partial charge is 0.480 e. The Bertz CT molecular complexity index is 595. The predicted molar refractivity (Wildman–Crippen MR) is 101 cm³/mol. The molecule has 2 unspecified atom stereocenters. The van der Waals surface area contributed by atoms with Crippen LogP contribution < -0.4 is 10.6 Å². The molecule has 0 radical (unpaired) electrons. The maximum absolute atomic E-state index is 12.4. The summed E-state index contributed by atoms with van der Waals surface area (Å²) in [6.45, 7) is 3.50. The maximum atomic E-state index is 12.4. The zero-order chi connectivity index (χ0) is 19.5. The van der Waals surface area contributed by atoms with Crippen LogP contribution in [-0.4, -0.2) is 47.2 Å². The number of carbonyl (C=O) groups is 3. The summed E-state index contributed by atoms with van der Waals surface area (Å²) in [5.41, 5.74) is 0.832. The van der Waals surface area contributed by atoms with Crippen LogP contribution >= 0.6 is 11.8 Å². The SMILES string of the molecule is CSCCC(NC(=O)OCc1ccccc1)C(=O)NC(C(=O)O)C(C)C. The number of aliphatic carboxylic acids is 1. The van der Waals surface area contributed by atoms with Gasteiger partial charge in [-0.25, -0.2) is 9.59 Å². The van der Waals surface area contributed by atoms with Gasteiger partial charge in [0.25, 0.3) is 0 Å². The first-order valence-corrected chi connectivity index (χ1v) is 9.73. The van der Waals surface area contributed by atoms with E-state index in [1.807, 2.05) is 36.6 Å². The van der Waals surface area contributed by atoms with E-state index in [0.717, 1.165) is 5.56 Å². The lowest BCUT2D eigenvalue weighted by Crippen LogP contribution is -2.53. The van der Waals surface area contributed by atoms with Gasteiger partial charge in [-0.05, 0) is 29.9 Å². The summed E-state index contributed by atoms with van der Waals surface area (Å²) in [7, 11) is 0. The van der Waals surface area contributed by atoms with E-state index in [9.17, 15) is 19.5 Å². The summed E-state index contributed by atoms with van der Waals surface area (Å²) in [6.07, 6.45) is 1.54. The summed E-state index contributed by atoms with van der Waals surface area (Å²) in [6, 6.07) is 7.32. The molecule has 0 bridgehead atoms. The Kier molecular flexibility index (Phi) is 9.57. The van der Waals surface area contributed by atoms with Crippen molar-refractivity contribution in [1.82, 2.24) is 10.6 Å². The molecule has 0 aromatic heterocycles. The van der Waals surface area contributed by atoms with Gasteiger partial charge >= 0.3 is 12.1 Å². The van der Waals surface area contributed by atoms with E-state index in [-0.39, 0.29) is 12.5 Å². The zero-order valence-electron chi connectivity index (χ0n) is 15.2. The number of carbonyl (C=O) groups excluding carboxylic acids is 2. The van der Waals surface area contributed by atoms with Gasteiger partial charge in [-0.1, -0.05) is 44.2 Å². The minimum absolute atomic E-state index is 0.0906. The highest BCUT2D eigenvalue weighted by atomic mass is 32.2. The van der Waals surface area contributed by atoms with Crippen LogP contribution in [0.2, 0.25) is 0 Å². The Balaban J connectivity index is 2.65. The molecule has 0 aliphatic heterocycles. The number of ether oxygens (including phenoxy) is 1. The number of hydrogen-bond acceptors (Lipinski definition) is 5. The first-order chi connectivity index (χ1) is 12.3. The molecule has 0 heterocycles. The number of thioether (sulfide) groups is 1. The first-order valence-electron chi connectivity index (χ1n) is 8.34. The number of benzene rings is 1. The van der Waals surface area contributed by atoms with Crippen molar-refractivity contribution < 1.29 is 24.2 Å². The van der Waals surface area contributed by atoms with Gasteiger partial charge in [0.2, 0.25) is 5.91 Å². The van der Waals surface area contributed by atoms with Crippen LogP contribution in [0.1, 0.15) is 25.8 Å². The second-order valence-corrected chi connectivity index (χ2v) is 7.09. The van der Waals surface area contributed by atoms with E-state index in [1.165, 1.54) is 11.8 Å². The molecule has 0 aliphatic rings. The number of rotatable bonds is 10. The lowest BCUT2D eigenvalue weighted by molar-refractivity contribution is -0.143. The van der Waals surface area contributed by atoms with Crippen molar-refractivity contribution in [2.45, 2.75) is 39.0 Å². The van der Waals surface area contributed by atoms with Gasteiger partial charge in [0.05, 0.1) is 0 Å². The van der Waals surface area contributed by atoms with E-state index in [4.69, 9.17) is 4.74 Å². The van der Waals surface area contributed by atoms with Crippen molar-refractivity contribution >= 4 is 29.7 Å². The molecule has 26 heavy (non-hydrogen) atoms. The Morgan fingerprint density at radius 1 is 1.15 bits per heavy atom. The predicted octanol–water partition coefficient (Wildman–Crippen LogP) is 2.26. The molecule has 0 fully saturated rings. The molecule has 0 saturated carbocycles. The third-order valence-electron chi connectivity index (χ3n) is 3.66. The van der Waals surface area contributed by atoms with E-state index in [1.54, 1.807) is 13.8 Å². The molecule has 144 valence electrons. The molecule has 2 atom stereocenters. The third kappa shape index (κ3) is 7.77. The fourth-order valence-corrected chi connectivity index (χ4v) is 2.65. The number of amides is 2. The molecule has 0 spiro atoms. The standard InChI is InChI=1S/C18H26N2O5S/c1-12(2)15(17(22)23)20-16(21)14(9-10-26-3)19-18(24)25-11-13-7-5-4-6-8-13/h4-8,12,14-15H,9-11H2,1-3H3,(H,19,24)(H,20,21)(H,22,23). The van der Waals surface area contributed by atoms with Crippen LogP contribution in [0.5, 0.6) is 0 Å². The van der Waals surface area contributed by atoms with Crippen molar-refractivity contribution in [3.63, 3.8) is 0 Å². The van der Waals surface area contributed by atoms with Crippen molar-refractivity contribution in [2.75, 3.05) is 12.0 Å². The highest BCUT2D eigenvalue weighted by Gasteiger charge is 2.28. The van der Waals surface area contributed by atoms with Gasteiger partial charge in [0, 0.05) is 0 Å². The van der Waals surface area contributed by atoms with Gasteiger partial charge in [-0.3, -0.25) is 4.79 Å². The molecule has 1 aromatic carbocycles. The average molecular weight is 382 g/mol. The Hall–Kier alpha value is -2.22. The monoisotopic (exact) mass is 382 g/mol. The van der Waals surface area contributed by atoms with Gasteiger partial charge in [0.15, 0.2) is 0 Å². The Labute approximate surface area is 157 Å². The summed E-state index contributed by atoms with van der Waals surface area (Å²) in [5.74, 6) is -1.28. The minimum Gasteiger partial charge on any atom is -0.480 e. The summed E-state index contributed by atoms with van der Waals surface area (Å²) < 4.78 is 5.14. The summed E-state index contributed by atoms with van der Waals surface area (Å²) in [5, 5.41) is 14.2. The Morgan fingerprint density at radius 2 is 1.81 bits per heavy atom. The van der Waals surface area contributed by atoms with Crippen molar-refractivity contribution in [2.24, 2.45) is 5.92 Å². The number of carboxylic acid groups (broad SMARTS) is 1. The minimum atomic E-state index is -1.11. The molecule has 0 saturated heterocycles. The lowest BCUT2D eigenvalue weighted by atomic mass is 10.0. The van der Waals surface area contributed by atoms with Crippen LogP contribution in [-0.2, 0) is 20.9 Å². The molecule has 8 heteroatoms. The van der Waals surface area contributed by atoms with E-state index in [2.05, 4.69) is 10.6 Å².